The summed E-state index contributed by atoms with van der Waals surface area (Å²) in [5, 5.41) is 8.08. The molecule has 5 nitrogen and oxygen atoms in total. The Kier molecular flexibility index (Phi) is 5.41. The van der Waals surface area contributed by atoms with E-state index in [0.29, 0.717) is 12.1 Å². The maximum atomic E-state index is 12.1. The molecular formula is C14H21ClN2O3S. The number of amides is 1. The first-order chi connectivity index (χ1) is 9.42. The molecule has 0 saturated heterocycles. The van der Waals surface area contributed by atoms with Gasteiger partial charge in [-0.2, -0.15) is 0 Å². The van der Waals surface area contributed by atoms with Crippen molar-refractivity contribution in [3.05, 3.63) is 28.3 Å². The fourth-order valence-corrected chi connectivity index (χ4v) is 2.84. The highest BCUT2D eigenvalue weighted by Gasteiger charge is 2.18. The molecule has 1 aromatic carbocycles. The number of halogens is 1. The van der Waals surface area contributed by atoms with Crippen LogP contribution < -0.4 is 10.5 Å². The molecule has 0 saturated carbocycles. The van der Waals surface area contributed by atoms with Crippen LogP contribution in [0.1, 0.15) is 43.1 Å². The minimum Gasteiger partial charge on any atom is -0.352 e. The summed E-state index contributed by atoms with van der Waals surface area (Å²) in [6.45, 7) is 8.25. The molecule has 1 aromatic rings. The molecule has 1 amide bonds. The lowest BCUT2D eigenvalue weighted by Gasteiger charge is -2.18. The number of carbonyl (C=O) groups excluding carboxylic acids is 1. The Morgan fingerprint density at radius 3 is 2.38 bits per heavy atom. The molecule has 0 aromatic heterocycles. The van der Waals surface area contributed by atoms with Gasteiger partial charge in [-0.3, -0.25) is 4.79 Å². The van der Waals surface area contributed by atoms with Gasteiger partial charge in [0.15, 0.2) is 0 Å². The van der Waals surface area contributed by atoms with Crippen LogP contribution >= 0.6 is 11.6 Å². The molecule has 0 unspecified atom stereocenters. The lowest BCUT2D eigenvalue weighted by Crippen LogP contribution is -2.27. The molecule has 118 valence electrons. The summed E-state index contributed by atoms with van der Waals surface area (Å²) >= 11 is 5.98. The van der Waals surface area contributed by atoms with Gasteiger partial charge in [0.25, 0.3) is 5.91 Å². The van der Waals surface area contributed by atoms with Gasteiger partial charge in [0.05, 0.1) is 4.90 Å². The third-order valence-corrected chi connectivity index (χ3v) is 4.46. The summed E-state index contributed by atoms with van der Waals surface area (Å²) in [6.07, 6.45) is 0.806. The maximum Gasteiger partial charge on any atom is 0.251 e. The summed E-state index contributed by atoms with van der Waals surface area (Å²) in [7, 11) is -3.92. The fourth-order valence-electron chi connectivity index (χ4n) is 1.73. The second-order valence-corrected chi connectivity index (χ2v) is 8.13. The van der Waals surface area contributed by atoms with Crippen LogP contribution in [0.5, 0.6) is 0 Å². The van der Waals surface area contributed by atoms with Crippen molar-refractivity contribution in [2.75, 3.05) is 6.54 Å². The van der Waals surface area contributed by atoms with Crippen molar-refractivity contribution in [2.45, 2.75) is 39.0 Å². The van der Waals surface area contributed by atoms with Crippen LogP contribution in [-0.4, -0.2) is 20.9 Å². The summed E-state index contributed by atoms with van der Waals surface area (Å²) in [5.74, 6) is -0.369. The van der Waals surface area contributed by atoms with E-state index in [9.17, 15) is 13.2 Å². The third-order valence-electron chi connectivity index (χ3n) is 3.03. The predicted octanol–water partition coefficient (Wildman–Crippen LogP) is 2.46. The summed E-state index contributed by atoms with van der Waals surface area (Å²) in [6, 6.07) is 2.70. The van der Waals surface area contributed by atoms with E-state index < -0.39 is 10.0 Å². The molecule has 0 atom stereocenters. The SMILES string of the molecule is Cc1c(Cl)cc(C(=O)NCCC(C)(C)C)cc1S(N)(=O)=O. The van der Waals surface area contributed by atoms with E-state index in [1.807, 2.05) is 0 Å². The lowest BCUT2D eigenvalue weighted by atomic mass is 9.92. The summed E-state index contributed by atoms with van der Waals surface area (Å²) in [4.78, 5) is 11.9. The molecule has 0 heterocycles. The van der Waals surface area contributed by atoms with Crippen LogP contribution in [0, 0.1) is 12.3 Å². The van der Waals surface area contributed by atoms with Crippen LogP contribution in [0.25, 0.3) is 0 Å². The van der Waals surface area contributed by atoms with Crippen LogP contribution in [0.15, 0.2) is 17.0 Å². The molecule has 0 bridgehead atoms. The number of hydrogen-bond acceptors (Lipinski definition) is 3. The number of nitrogens with two attached hydrogens (primary N) is 1. The van der Waals surface area contributed by atoms with Crippen LogP contribution in [0.2, 0.25) is 5.02 Å². The number of nitrogens with one attached hydrogen (secondary N) is 1. The fraction of sp³-hybridized carbons (Fsp3) is 0.500. The van der Waals surface area contributed by atoms with E-state index in [1.54, 1.807) is 6.92 Å². The first-order valence-electron chi connectivity index (χ1n) is 6.53. The third kappa shape index (κ3) is 5.30. The van der Waals surface area contributed by atoms with E-state index in [2.05, 4.69) is 26.1 Å². The molecule has 0 spiro atoms. The Balaban J connectivity index is 2.99. The van der Waals surface area contributed by atoms with Crippen LogP contribution in [-0.2, 0) is 10.0 Å². The molecule has 0 fully saturated rings. The van der Waals surface area contributed by atoms with Crippen molar-refractivity contribution in [1.29, 1.82) is 0 Å². The highest BCUT2D eigenvalue weighted by Crippen LogP contribution is 2.24. The molecular weight excluding hydrogens is 312 g/mol. The van der Waals surface area contributed by atoms with Gasteiger partial charge in [-0.1, -0.05) is 32.4 Å². The summed E-state index contributed by atoms with van der Waals surface area (Å²) in [5.41, 5.74) is 0.623. The molecule has 0 radical (unpaired) electrons. The molecule has 1 rings (SSSR count). The Morgan fingerprint density at radius 1 is 1.33 bits per heavy atom. The van der Waals surface area contributed by atoms with Crippen molar-refractivity contribution in [1.82, 2.24) is 5.32 Å². The van der Waals surface area contributed by atoms with Gasteiger partial charge in [-0.25, -0.2) is 13.6 Å². The Labute approximate surface area is 130 Å². The van der Waals surface area contributed by atoms with Gasteiger partial charge in [0.2, 0.25) is 10.0 Å². The standard InChI is InChI=1S/C14H21ClN2O3S/c1-9-11(15)7-10(8-12(9)21(16,19)20)13(18)17-6-5-14(2,3)4/h7-8H,5-6H2,1-4H3,(H,17,18)(H2,16,19,20). The average Bonchev–Trinajstić information content (AvgIpc) is 2.29. The van der Waals surface area contributed by atoms with Crippen molar-refractivity contribution >= 4 is 27.5 Å². The van der Waals surface area contributed by atoms with Crippen LogP contribution in [0.4, 0.5) is 0 Å². The monoisotopic (exact) mass is 332 g/mol. The van der Waals surface area contributed by atoms with Gasteiger partial charge >= 0.3 is 0 Å². The van der Waals surface area contributed by atoms with Crippen LogP contribution in [0.3, 0.4) is 0 Å². The summed E-state index contributed by atoms with van der Waals surface area (Å²) < 4.78 is 23.0. The molecule has 0 aliphatic carbocycles. The zero-order valence-electron chi connectivity index (χ0n) is 12.7. The molecule has 21 heavy (non-hydrogen) atoms. The number of primary sulfonamides is 1. The van der Waals surface area contributed by atoms with E-state index in [0.717, 1.165) is 6.42 Å². The average molecular weight is 333 g/mol. The van der Waals surface area contributed by atoms with Gasteiger partial charge in [0, 0.05) is 17.1 Å². The normalized spacial score (nSPS) is 12.3. The molecule has 0 aliphatic rings. The largest absolute Gasteiger partial charge is 0.352 e. The Morgan fingerprint density at radius 2 is 1.90 bits per heavy atom. The van der Waals surface area contributed by atoms with Gasteiger partial charge < -0.3 is 5.32 Å². The van der Waals surface area contributed by atoms with Gasteiger partial charge in [-0.05, 0) is 36.5 Å². The van der Waals surface area contributed by atoms with Crippen molar-refractivity contribution in [3.63, 3.8) is 0 Å². The highest BCUT2D eigenvalue weighted by atomic mass is 35.5. The number of hydrogen-bond donors (Lipinski definition) is 2. The predicted molar refractivity (Wildman–Crippen MR) is 84.0 cm³/mol. The topological polar surface area (TPSA) is 89.3 Å². The molecule has 7 heteroatoms. The first-order valence-corrected chi connectivity index (χ1v) is 8.45. The van der Waals surface area contributed by atoms with E-state index >= 15 is 0 Å². The van der Waals surface area contributed by atoms with Crippen molar-refractivity contribution in [2.24, 2.45) is 10.6 Å². The smallest absolute Gasteiger partial charge is 0.251 e. The maximum absolute atomic E-state index is 12.1. The Bertz CT molecular complexity index is 649. The highest BCUT2D eigenvalue weighted by molar-refractivity contribution is 7.89. The quantitative estimate of drug-likeness (QED) is 0.887. The second-order valence-electron chi connectivity index (χ2n) is 6.19. The minimum atomic E-state index is -3.92. The van der Waals surface area contributed by atoms with E-state index in [-0.39, 0.29) is 26.8 Å². The van der Waals surface area contributed by atoms with E-state index in [1.165, 1.54) is 12.1 Å². The van der Waals surface area contributed by atoms with Gasteiger partial charge in [-0.15, -0.1) is 0 Å². The lowest BCUT2D eigenvalue weighted by molar-refractivity contribution is 0.0949. The zero-order valence-corrected chi connectivity index (χ0v) is 14.2. The number of sulfonamides is 1. The number of carbonyl (C=O) groups is 1. The first kappa shape index (κ1) is 17.9. The van der Waals surface area contributed by atoms with Crippen molar-refractivity contribution < 1.29 is 13.2 Å². The Hall–Kier alpha value is -1.11. The van der Waals surface area contributed by atoms with E-state index in [4.69, 9.17) is 16.7 Å². The van der Waals surface area contributed by atoms with Gasteiger partial charge in [0.1, 0.15) is 0 Å². The minimum absolute atomic E-state index is 0.101. The zero-order chi connectivity index (χ0) is 16.4. The van der Waals surface area contributed by atoms with Crippen molar-refractivity contribution in [3.8, 4) is 0 Å². The molecule has 0 aliphatic heterocycles. The number of benzene rings is 1. The second kappa shape index (κ2) is 6.34. The molecule has 3 N–H and O–H groups in total. The number of rotatable bonds is 4.